The van der Waals surface area contributed by atoms with E-state index in [4.69, 9.17) is 14.2 Å². The molecule has 2 aromatic rings. The van der Waals surface area contributed by atoms with E-state index in [1.54, 1.807) is 19.4 Å². The standard InChI is InChI=1S/C29H36N2O5/c1-18(32)22-13-31-23(12-24(22)33)21-11-25(34-4)26(10-20(21)19-6-7-28(2,3)27(19)31)36-9-5-8-30-14-29(15-30)16-35-17-29/h10-13,19,27H,5-9,14-17H2,1-4H3/t19-,27+/m1/s1. The van der Waals surface area contributed by atoms with Gasteiger partial charge in [0.1, 0.15) is 0 Å². The van der Waals surface area contributed by atoms with Crippen LogP contribution in [0.3, 0.4) is 0 Å². The molecule has 1 spiro atoms. The van der Waals surface area contributed by atoms with Gasteiger partial charge in [-0.1, -0.05) is 13.8 Å². The van der Waals surface area contributed by atoms with Crippen LogP contribution in [0, 0.1) is 10.8 Å². The zero-order chi connectivity index (χ0) is 25.2. The van der Waals surface area contributed by atoms with Crippen LogP contribution < -0.4 is 14.9 Å². The number of carbonyl (C=O) groups is 1. The van der Waals surface area contributed by atoms with Crippen molar-refractivity contribution in [2.24, 2.45) is 10.8 Å². The highest BCUT2D eigenvalue weighted by Gasteiger charge is 2.49. The Kier molecular flexibility index (Phi) is 5.57. The van der Waals surface area contributed by atoms with Gasteiger partial charge >= 0.3 is 0 Å². The smallest absolute Gasteiger partial charge is 0.192 e. The largest absolute Gasteiger partial charge is 0.493 e. The number of hydrogen-bond donors (Lipinski definition) is 0. The van der Waals surface area contributed by atoms with Gasteiger partial charge in [0.25, 0.3) is 0 Å². The number of aromatic nitrogens is 1. The molecule has 7 heteroatoms. The van der Waals surface area contributed by atoms with Gasteiger partial charge in [-0.25, -0.2) is 0 Å². The predicted octanol–water partition coefficient (Wildman–Crippen LogP) is 4.29. The molecule has 0 radical (unpaired) electrons. The van der Waals surface area contributed by atoms with Crippen LogP contribution >= 0.6 is 0 Å². The molecule has 1 aliphatic carbocycles. The van der Waals surface area contributed by atoms with Crippen molar-refractivity contribution in [3.63, 3.8) is 0 Å². The van der Waals surface area contributed by atoms with Crippen LogP contribution in [0.25, 0.3) is 11.3 Å². The van der Waals surface area contributed by atoms with Crippen molar-refractivity contribution in [3.8, 4) is 22.8 Å². The first-order valence-electron chi connectivity index (χ1n) is 13.1. The summed E-state index contributed by atoms with van der Waals surface area (Å²) in [6, 6.07) is 5.97. The average Bonchev–Trinajstić information content (AvgIpc) is 3.11. The fourth-order valence-corrected chi connectivity index (χ4v) is 7.01. The second kappa shape index (κ2) is 8.45. The lowest BCUT2D eigenvalue weighted by molar-refractivity contribution is -0.189. The Balaban J connectivity index is 1.29. The fourth-order valence-electron chi connectivity index (χ4n) is 7.01. The summed E-state index contributed by atoms with van der Waals surface area (Å²) >= 11 is 0. The van der Waals surface area contributed by atoms with Gasteiger partial charge in [0.2, 0.25) is 0 Å². The minimum absolute atomic E-state index is 0.0429. The van der Waals surface area contributed by atoms with E-state index in [9.17, 15) is 9.59 Å². The zero-order valence-electron chi connectivity index (χ0n) is 21.8. The number of nitrogens with zero attached hydrogens (tertiary/aromatic N) is 2. The fraction of sp³-hybridized carbons (Fsp3) is 0.586. The van der Waals surface area contributed by atoms with Gasteiger partial charge in [0, 0.05) is 54.8 Å². The van der Waals surface area contributed by atoms with Gasteiger partial charge in [0.05, 0.1) is 38.2 Å². The number of ether oxygens (including phenoxy) is 3. The highest BCUT2D eigenvalue weighted by molar-refractivity contribution is 5.94. The third-order valence-electron chi connectivity index (χ3n) is 8.86. The first-order chi connectivity index (χ1) is 17.2. The molecule has 6 rings (SSSR count). The molecule has 2 saturated heterocycles. The summed E-state index contributed by atoms with van der Waals surface area (Å²) in [6.07, 6.45) is 4.88. The number of hydrogen-bond acceptors (Lipinski definition) is 6. The molecule has 36 heavy (non-hydrogen) atoms. The van der Waals surface area contributed by atoms with Crippen molar-refractivity contribution in [2.45, 2.75) is 52.0 Å². The van der Waals surface area contributed by atoms with E-state index in [2.05, 4.69) is 29.4 Å². The van der Waals surface area contributed by atoms with E-state index < -0.39 is 0 Å². The normalized spacial score (nSPS) is 24.8. The molecule has 0 unspecified atom stereocenters. The lowest BCUT2D eigenvalue weighted by atomic mass is 9.77. The monoisotopic (exact) mass is 492 g/mol. The van der Waals surface area contributed by atoms with E-state index in [0.29, 0.717) is 23.7 Å². The van der Waals surface area contributed by atoms with Crippen LogP contribution in [-0.2, 0) is 4.74 Å². The van der Waals surface area contributed by atoms with Crippen molar-refractivity contribution >= 4 is 5.78 Å². The Hall–Kier alpha value is -2.64. The van der Waals surface area contributed by atoms with Gasteiger partial charge in [-0.15, -0.1) is 0 Å². The number of rotatable bonds is 7. The van der Waals surface area contributed by atoms with Crippen LogP contribution in [-0.4, -0.2) is 61.8 Å². The molecular formula is C29H36N2O5. The van der Waals surface area contributed by atoms with E-state index in [1.165, 1.54) is 12.5 Å². The minimum atomic E-state index is -0.227. The van der Waals surface area contributed by atoms with Crippen molar-refractivity contribution in [3.05, 3.63) is 45.7 Å². The minimum Gasteiger partial charge on any atom is -0.493 e. The van der Waals surface area contributed by atoms with Gasteiger partial charge < -0.3 is 23.7 Å². The number of ketones is 1. The first kappa shape index (κ1) is 23.7. The molecule has 192 valence electrons. The number of Topliss-reactive ketones (excluding diaryl/α,β-unsaturated/α-hetero) is 1. The maximum atomic E-state index is 12.8. The van der Waals surface area contributed by atoms with E-state index >= 15 is 0 Å². The zero-order valence-corrected chi connectivity index (χ0v) is 21.8. The van der Waals surface area contributed by atoms with E-state index in [0.717, 1.165) is 69.1 Å². The molecule has 7 nitrogen and oxygen atoms in total. The second-order valence-electron chi connectivity index (χ2n) is 12.0. The lowest BCUT2D eigenvalue weighted by Gasteiger charge is -2.55. The topological polar surface area (TPSA) is 70.0 Å². The molecule has 0 bridgehead atoms. The quantitative estimate of drug-likeness (QED) is 0.424. The Labute approximate surface area is 212 Å². The molecule has 3 aliphatic heterocycles. The van der Waals surface area contributed by atoms with Crippen LogP contribution in [0.4, 0.5) is 0 Å². The summed E-state index contributed by atoms with van der Waals surface area (Å²) in [5.74, 6) is 1.54. The Morgan fingerprint density at radius 1 is 1.17 bits per heavy atom. The van der Waals surface area contributed by atoms with Gasteiger partial charge in [-0.2, -0.15) is 0 Å². The van der Waals surface area contributed by atoms with Crippen LogP contribution in [0.15, 0.2) is 29.2 Å². The number of carbonyl (C=O) groups excluding carboxylic acids is 1. The molecule has 1 aromatic heterocycles. The SMILES string of the molecule is COc1cc2c(cc1OCCCN1CC3(COC3)C1)[C@H]1CCC(C)(C)[C@H]1n1cc(C(C)=O)c(=O)cc1-2. The van der Waals surface area contributed by atoms with Crippen LogP contribution in [0.2, 0.25) is 0 Å². The maximum Gasteiger partial charge on any atom is 0.192 e. The number of pyridine rings is 1. The predicted molar refractivity (Wildman–Crippen MR) is 137 cm³/mol. The maximum absolute atomic E-state index is 12.8. The molecule has 1 aromatic carbocycles. The molecule has 4 heterocycles. The summed E-state index contributed by atoms with van der Waals surface area (Å²) in [7, 11) is 1.66. The summed E-state index contributed by atoms with van der Waals surface area (Å²) in [6.45, 7) is 11.8. The van der Waals surface area contributed by atoms with Crippen molar-refractivity contribution in [1.82, 2.24) is 9.47 Å². The van der Waals surface area contributed by atoms with Crippen molar-refractivity contribution < 1.29 is 19.0 Å². The summed E-state index contributed by atoms with van der Waals surface area (Å²) < 4.78 is 19.6. The Bertz CT molecular complexity index is 1270. The molecule has 3 fully saturated rings. The second-order valence-corrected chi connectivity index (χ2v) is 12.0. The lowest BCUT2D eigenvalue weighted by Crippen LogP contribution is -2.65. The summed E-state index contributed by atoms with van der Waals surface area (Å²) in [5, 5.41) is 0. The molecule has 0 N–H and O–H groups in total. The van der Waals surface area contributed by atoms with Crippen molar-refractivity contribution in [2.75, 3.05) is 46.6 Å². The van der Waals surface area contributed by atoms with Gasteiger partial charge in [-0.05, 0) is 49.3 Å². The number of benzene rings is 1. The first-order valence-corrected chi connectivity index (χ1v) is 13.1. The Morgan fingerprint density at radius 2 is 1.94 bits per heavy atom. The van der Waals surface area contributed by atoms with E-state index in [-0.39, 0.29) is 28.2 Å². The molecule has 0 amide bonds. The highest BCUT2D eigenvalue weighted by Crippen LogP contribution is 2.59. The molecule has 4 aliphatic rings. The number of fused-ring (bicyclic) bond motifs is 6. The highest BCUT2D eigenvalue weighted by atomic mass is 16.5. The van der Waals surface area contributed by atoms with Crippen LogP contribution in [0.1, 0.15) is 67.9 Å². The number of likely N-dealkylation sites (tertiary alicyclic amines) is 1. The molecule has 1 saturated carbocycles. The van der Waals surface area contributed by atoms with Crippen LogP contribution in [0.5, 0.6) is 11.5 Å². The average molecular weight is 493 g/mol. The third-order valence-corrected chi connectivity index (χ3v) is 8.86. The van der Waals surface area contributed by atoms with Crippen molar-refractivity contribution in [1.29, 1.82) is 0 Å². The molecule has 2 atom stereocenters. The summed E-state index contributed by atoms with van der Waals surface area (Å²) in [5.41, 5.74) is 3.58. The van der Waals surface area contributed by atoms with E-state index in [1.807, 2.05) is 6.07 Å². The number of methoxy groups -OCH3 is 1. The summed E-state index contributed by atoms with van der Waals surface area (Å²) in [4.78, 5) is 27.5. The molecular weight excluding hydrogens is 456 g/mol. The Morgan fingerprint density at radius 3 is 2.61 bits per heavy atom. The van der Waals surface area contributed by atoms with Gasteiger partial charge in [-0.3, -0.25) is 9.59 Å². The third kappa shape index (κ3) is 3.70. The van der Waals surface area contributed by atoms with Gasteiger partial charge in [0.15, 0.2) is 22.7 Å².